The molecule has 5 nitrogen and oxygen atoms in total. The Kier molecular flexibility index (Phi) is 5.00. The van der Waals surface area contributed by atoms with Crippen LogP contribution in [0.25, 0.3) is 11.3 Å². The summed E-state index contributed by atoms with van der Waals surface area (Å²) in [5, 5.41) is 4.99. The van der Waals surface area contributed by atoms with Gasteiger partial charge in [-0.3, -0.25) is 14.6 Å². The number of benzene rings is 1. The van der Waals surface area contributed by atoms with Gasteiger partial charge in [-0.05, 0) is 31.5 Å². The van der Waals surface area contributed by atoms with Crippen LogP contribution in [0.1, 0.15) is 30.0 Å². The average molecular weight is 368 g/mol. The van der Waals surface area contributed by atoms with Gasteiger partial charge in [0.05, 0.1) is 23.8 Å². The van der Waals surface area contributed by atoms with Crippen LogP contribution >= 0.6 is 11.6 Å². The first-order valence-electron chi connectivity index (χ1n) is 8.95. The number of hydrogen-bond acceptors (Lipinski definition) is 4. The largest absolute Gasteiger partial charge is 0.298 e. The number of aromatic nitrogens is 4. The minimum absolute atomic E-state index is 0.409. The highest BCUT2D eigenvalue weighted by Crippen LogP contribution is 2.28. The molecule has 0 bridgehead atoms. The minimum Gasteiger partial charge on any atom is -0.298 e. The van der Waals surface area contributed by atoms with E-state index in [1.54, 1.807) is 0 Å². The predicted molar refractivity (Wildman–Crippen MR) is 103 cm³/mol. The smallest absolute Gasteiger partial charge is 0.0889 e. The van der Waals surface area contributed by atoms with Crippen molar-refractivity contribution in [2.45, 2.75) is 25.3 Å². The Bertz CT molecular complexity index is 891. The van der Waals surface area contributed by atoms with Crippen LogP contribution in [0, 0.1) is 0 Å². The summed E-state index contributed by atoms with van der Waals surface area (Å²) in [6, 6.07) is 7.78. The molecule has 0 unspecified atom stereocenters. The first kappa shape index (κ1) is 17.2. The van der Waals surface area contributed by atoms with E-state index in [0.29, 0.717) is 5.92 Å². The Hall–Kier alpha value is -2.24. The molecule has 3 heterocycles. The Balaban J connectivity index is 1.50. The summed E-state index contributed by atoms with van der Waals surface area (Å²) < 4.78 is 1.86. The van der Waals surface area contributed by atoms with Crippen molar-refractivity contribution in [3.05, 3.63) is 65.3 Å². The van der Waals surface area contributed by atoms with Crippen LogP contribution in [0.5, 0.6) is 0 Å². The first-order valence-corrected chi connectivity index (χ1v) is 9.33. The van der Waals surface area contributed by atoms with Gasteiger partial charge in [0.15, 0.2) is 0 Å². The molecule has 26 heavy (non-hydrogen) atoms. The molecule has 1 fully saturated rings. The van der Waals surface area contributed by atoms with E-state index >= 15 is 0 Å². The zero-order chi connectivity index (χ0) is 17.9. The summed E-state index contributed by atoms with van der Waals surface area (Å²) >= 11 is 6.12. The van der Waals surface area contributed by atoms with Crippen LogP contribution in [-0.2, 0) is 13.6 Å². The molecule has 1 atom stereocenters. The lowest BCUT2D eigenvalue weighted by Gasteiger charge is -2.32. The second-order valence-electron chi connectivity index (χ2n) is 6.94. The molecule has 0 radical (unpaired) electrons. The molecule has 0 saturated carbocycles. The maximum Gasteiger partial charge on any atom is 0.0889 e. The highest BCUT2D eigenvalue weighted by Gasteiger charge is 2.23. The number of halogens is 1. The third kappa shape index (κ3) is 3.94. The molecule has 2 aromatic heterocycles. The van der Waals surface area contributed by atoms with Gasteiger partial charge in [0.25, 0.3) is 0 Å². The van der Waals surface area contributed by atoms with Crippen molar-refractivity contribution in [1.29, 1.82) is 0 Å². The van der Waals surface area contributed by atoms with Crippen LogP contribution < -0.4 is 0 Å². The first-order chi connectivity index (χ1) is 12.7. The Morgan fingerprint density at radius 2 is 2.15 bits per heavy atom. The van der Waals surface area contributed by atoms with Gasteiger partial charge < -0.3 is 0 Å². The Morgan fingerprint density at radius 3 is 2.96 bits per heavy atom. The fourth-order valence-corrected chi connectivity index (χ4v) is 3.81. The molecule has 6 heteroatoms. The molecule has 1 aliphatic rings. The van der Waals surface area contributed by atoms with E-state index < -0.39 is 0 Å². The average Bonchev–Trinajstić information content (AvgIpc) is 3.07. The number of rotatable bonds is 4. The summed E-state index contributed by atoms with van der Waals surface area (Å²) in [6.07, 6.45) is 10.1. The second-order valence-corrected chi connectivity index (χ2v) is 7.37. The zero-order valence-corrected chi connectivity index (χ0v) is 15.6. The lowest BCUT2D eigenvalue weighted by Crippen LogP contribution is -2.34. The van der Waals surface area contributed by atoms with Gasteiger partial charge in [-0.2, -0.15) is 5.10 Å². The molecular formula is C20H22ClN5. The van der Waals surface area contributed by atoms with E-state index in [1.165, 1.54) is 12.0 Å². The molecule has 3 aromatic rings. The zero-order valence-electron chi connectivity index (χ0n) is 14.8. The van der Waals surface area contributed by atoms with Crippen molar-refractivity contribution in [2.24, 2.45) is 7.05 Å². The van der Waals surface area contributed by atoms with Gasteiger partial charge in [0.2, 0.25) is 0 Å². The number of hydrogen-bond donors (Lipinski definition) is 0. The molecular weight excluding hydrogens is 346 g/mol. The summed E-state index contributed by atoms with van der Waals surface area (Å²) in [6.45, 7) is 3.06. The SMILES string of the molecule is Cn1cc(CN2CCC[C@@H](c3cncc(-c4cccc(Cl)c4)n3)C2)cn1. The van der Waals surface area contributed by atoms with E-state index in [4.69, 9.17) is 16.6 Å². The molecule has 4 rings (SSSR count). The number of nitrogens with zero attached hydrogens (tertiary/aromatic N) is 5. The molecule has 0 amide bonds. The van der Waals surface area contributed by atoms with E-state index in [1.807, 2.05) is 54.6 Å². The molecule has 0 spiro atoms. The number of aryl methyl sites for hydroxylation is 1. The maximum absolute atomic E-state index is 6.12. The van der Waals surface area contributed by atoms with Crippen molar-refractivity contribution in [3.8, 4) is 11.3 Å². The number of likely N-dealkylation sites (tertiary alicyclic amines) is 1. The van der Waals surface area contributed by atoms with Gasteiger partial charge in [0, 0.05) is 54.6 Å². The summed E-state index contributed by atoms with van der Waals surface area (Å²) in [5.41, 5.74) is 4.22. The molecule has 0 N–H and O–H groups in total. The fraction of sp³-hybridized carbons (Fsp3) is 0.350. The normalized spacial score (nSPS) is 18.2. The second kappa shape index (κ2) is 7.56. The van der Waals surface area contributed by atoms with Crippen molar-refractivity contribution in [3.63, 3.8) is 0 Å². The maximum atomic E-state index is 6.12. The third-order valence-electron chi connectivity index (χ3n) is 4.86. The van der Waals surface area contributed by atoms with Crippen LogP contribution in [-0.4, -0.2) is 37.7 Å². The van der Waals surface area contributed by atoms with Crippen molar-refractivity contribution in [1.82, 2.24) is 24.6 Å². The van der Waals surface area contributed by atoms with Gasteiger partial charge in [0.1, 0.15) is 0 Å². The van der Waals surface area contributed by atoms with E-state index in [9.17, 15) is 0 Å². The monoisotopic (exact) mass is 367 g/mol. The van der Waals surface area contributed by atoms with Crippen LogP contribution in [0.3, 0.4) is 0 Å². The fourth-order valence-electron chi connectivity index (χ4n) is 3.62. The van der Waals surface area contributed by atoms with E-state index in [0.717, 1.165) is 48.0 Å². The highest BCUT2D eigenvalue weighted by molar-refractivity contribution is 6.30. The lowest BCUT2D eigenvalue weighted by atomic mass is 9.94. The quantitative estimate of drug-likeness (QED) is 0.701. The molecule has 134 valence electrons. The minimum atomic E-state index is 0.409. The lowest BCUT2D eigenvalue weighted by molar-refractivity contribution is 0.198. The molecule has 0 aliphatic carbocycles. The van der Waals surface area contributed by atoms with Crippen LogP contribution in [0.2, 0.25) is 5.02 Å². The standard InChI is InChI=1S/C20H22ClN5/c1-25-12-15(9-23-25)13-26-7-3-5-17(14-26)20-11-22-10-19(24-20)16-4-2-6-18(21)8-16/h2,4,6,8-12,17H,3,5,7,13-14H2,1H3/t17-/m1/s1. The summed E-state index contributed by atoms with van der Waals surface area (Å²) in [5.74, 6) is 0.409. The summed E-state index contributed by atoms with van der Waals surface area (Å²) in [7, 11) is 1.96. The molecule has 1 saturated heterocycles. The van der Waals surface area contributed by atoms with Gasteiger partial charge in [-0.1, -0.05) is 23.7 Å². The van der Waals surface area contributed by atoms with Gasteiger partial charge >= 0.3 is 0 Å². The third-order valence-corrected chi connectivity index (χ3v) is 5.10. The van der Waals surface area contributed by atoms with Crippen LogP contribution in [0.4, 0.5) is 0 Å². The van der Waals surface area contributed by atoms with Crippen LogP contribution in [0.15, 0.2) is 49.1 Å². The predicted octanol–water partition coefficient (Wildman–Crippen LogP) is 3.91. The highest BCUT2D eigenvalue weighted by atomic mass is 35.5. The van der Waals surface area contributed by atoms with Crippen molar-refractivity contribution in [2.75, 3.05) is 13.1 Å². The van der Waals surface area contributed by atoms with Gasteiger partial charge in [-0.15, -0.1) is 0 Å². The molecule has 1 aromatic carbocycles. The topological polar surface area (TPSA) is 46.8 Å². The Morgan fingerprint density at radius 1 is 1.23 bits per heavy atom. The van der Waals surface area contributed by atoms with Crippen molar-refractivity contribution >= 4 is 11.6 Å². The van der Waals surface area contributed by atoms with Crippen molar-refractivity contribution < 1.29 is 0 Å². The van der Waals surface area contributed by atoms with E-state index in [2.05, 4.69) is 21.2 Å². The Labute approximate surface area is 158 Å². The summed E-state index contributed by atoms with van der Waals surface area (Å²) in [4.78, 5) is 11.8. The van der Waals surface area contributed by atoms with Gasteiger partial charge in [-0.25, -0.2) is 4.98 Å². The number of piperidine rings is 1. The molecule has 1 aliphatic heterocycles. The van der Waals surface area contributed by atoms with E-state index in [-0.39, 0.29) is 0 Å².